The van der Waals surface area contributed by atoms with Crippen LogP contribution in [0.15, 0.2) is 29.0 Å². The number of carbonyl (C=O) groups excluding carboxylic acids is 1. The van der Waals surface area contributed by atoms with Gasteiger partial charge in [-0.2, -0.15) is 0 Å². The summed E-state index contributed by atoms with van der Waals surface area (Å²) >= 11 is 0. The summed E-state index contributed by atoms with van der Waals surface area (Å²) in [4.78, 5) is 17.4. The van der Waals surface area contributed by atoms with Crippen molar-refractivity contribution < 1.29 is 9.90 Å². The van der Waals surface area contributed by atoms with Gasteiger partial charge in [-0.25, -0.2) is 4.99 Å². The van der Waals surface area contributed by atoms with Gasteiger partial charge in [-0.3, -0.25) is 4.79 Å². The smallest absolute Gasteiger partial charge is 0.227 e. The maximum absolute atomic E-state index is 11.7. The molecule has 4 heteroatoms. The number of aliphatic imine (C=N–C) groups is 1. The molecule has 0 aliphatic rings. The third-order valence-corrected chi connectivity index (χ3v) is 2.58. The summed E-state index contributed by atoms with van der Waals surface area (Å²) in [6.45, 7) is 10.8. The number of aliphatic hydroxyl groups is 1. The number of amides is 1. The normalized spacial score (nSPS) is 12.9. The Morgan fingerprint density at radius 1 is 1.50 bits per heavy atom. The molecule has 1 N–H and O–H groups in total. The average molecular weight is 252 g/mol. The number of hydrogen-bond acceptors (Lipinski definition) is 3. The van der Waals surface area contributed by atoms with E-state index in [0.29, 0.717) is 17.8 Å². The third-order valence-electron chi connectivity index (χ3n) is 2.58. The Labute approximate surface area is 110 Å². The van der Waals surface area contributed by atoms with E-state index >= 15 is 0 Å². The molecule has 102 valence electrons. The summed E-state index contributed by atoms with van der Waals surface area (Å²) in [5, 5.41) is 9.71. The second kappa shape index (κ2) is 7.11. The molecule has 0 heterocycles. The van der Waals surface area contributed by atoms with Gasteiger partial charge in [0, 0.05) is 19.7 Å². The van der Waals surface area contributed by atoms with Crippen LogP contribution in [0, 0.1) is 0 Å². The largest absolute Gasteiger partial charge is 0.386 e. The summed E-state index contributed by atoms with van der Waals surface area (Å²) in [6.07, 6.45) is 4.54. The van der Waals surface area contributed by atoms with Crippen LogP contribution in [-0.2, 0) is 4.79 Å². The molecule has 0 fully saturated rings. The highest BCUT2D eigenvalue weighted by Gasteiger charge is 2.16. The molecule has 1 amide bonds. The first-order chi connectivity index (χ1) is 8.23. The monoisotopic (exact) mass is 252 g/mol. The van der Waals surface area contributed by atoms with Gasteiger partial charge in [0.25, 0.3) is 0 Å². The molecule has 0 aliphatic heterocycles. The minimum Gasteiger partial charge on any atom is -0.386 e. The van der Waals surface area contributed by atoms with Crippen molar-refractivity contribution in [2.75, 3.05) is 7.05 Å². The Morgan fingerprint density at radius 3 is 2.44 bits per heavy atom. The van der Waals surface area contributed by atoms with Crippen LogP contribution in [0.1, 0.15) is 40.5 Å². The molecular weight excluding hydrogens is 228 g/mol. The molecular formula is C14H24N2O2. The van der Waals surface area contributed by atoms with Gasteiger partial charge in [0.1, 0.15) is 5.82 Å². The van der Waals surface area contributed by atoms with Gasteiger partial charge in [-0.05, 0) is 38.8 Å². The van der Waals surface area contributed by atoms with E-state index in [1.807, 2.05) is 13.8 Å². The molecule has 0 aliphatic carbocycles. The average Bonchev–Trinajstić information content (AvgIpc) is 2.28. The van der Waals surface area contributed by atoms with Crippen LogP contribution in [0.4, 0.5) is 0 Å². The van der Waals surface area contributed by atoms with Crippen molar-refractivity contribution in [3.8, 4) is 0 Å². The quantitative estimate of drug-likeness (QED) is 0.738. The van der Waals surface area contributed by atoms with Gasteiger partial charge in [0.2, 0.25) is 5.91 Å². The van der Waals surface area contributed by atoms with Crippen LogP contribution in [0.25, 0.3) is 0 Å². The Balaban J connectivity index is 4.79. The molecule has 0 unspecified atom stereocenters. The van der Waals surface area contributed by atoms with Crippen molar-refractivity contribution in [1.29, 1.82) is 0 Å². The first kappa shape index (κ1) is 16.6. The summed E-state index contributed by atoms with van der Waals surface area (Å²) in [5.41, 5.74) is -0.507. The van der Waals surface area contributed by atoms with Crippen LogP contribution in [-0.4, -0.2) is 34.8 Å². The van der Waals surface area contributed by atoms with E-state index in [4.69, 9.17) is 0 Å². The summed E-state index contributed by atoms with van der Waals surface area (Å²) in [5.74, 6) is 0.579. The third kappa shape index (κ3) is 5.27. The van der Waals surface area contributed by atoms with Crippen molar-refractivity contribution in [1.82, 2.24) is 4.90 Å². The zero-order valence-electron chi connectivity index (χ0n) is 12.0. The molecule has 18 heavy (non-hydrogen) atoms. The SMILES string of the molecule is C=C(/C=N\C(=C/C)N(C)C(=O)CCC)C(C)(C)O. The Kier molecular flexibility index (Phi) is 6.55. The van der Waals surface area contributed by atoms with Gasteiger partial charge in [-0.15, -0.1) is 0 Å². The van der Waals surface area contributed by atoms with Gasteiger partial charge >= 0.3 is 0 Å². The molecule has 0 radical (unpaired) electrons. The highest BCUT2D eigenvalue weighted by Crippen LogP contribution is 2.13. The minimum absolute atomic E-state index is 0.0246. The van der Waals surface area contributed by atoms with Crippen LogP contribution >= 0.6 is 0 Å². The number of carbonyl (C=O) groups is 1. The van der Waals surface area contributed by atoms with E-state index in [9.17, 15) is 9.90 Å². The van der Waals surface area contributed by atoms with Gasteiger partial charge in [-0.1, -0.05) is 13.5 Å². The Morgan fingerprint density at radius 2 is 2.06 bits per heavy atom. The van der Waals surface area contributed by atoms with E-state index < -0.39 is 5.60 Å². The standard InChI is InChI=1S/C14H24N2O2/c1-7-9-13(17)16(6)12(8-2)15-10-11(3)14(4,5)18/h8,10,18H,3,7,9H2,1-2,4-6H3/b12-8+,15-10-. The maximum Gasteiger partial charge on any atom is 0.227 e. The molecule has 0 aromatic heterocycles. The lowest BCUT2D eigenvalue weighted by atomic mass is 10.0. The van der Waals surface area contributed by atoms with Crippen molar-refractivity contribution in [2.45, 2.75) is 46.1 Å². The second-order valence-corrected chi connectivity index (χ2v) is 4.69. The molecule has 0 atom stereocenters. The summed E-state index contributed by atoms with van der Waals surface area (Å²) in [6, 6.07) is 0. The van der Waals surface area contributed by atoms with Crippen LogP contribution in [0.2, 0.25) is 0 Å². The van der Waals surface area contributed by atoms with Crippen molar-refractivity contribution >= 4 is 12.1 Å². The number of allylic oxidation sites excluding steroid dienone is 1. The van der Waals surface area contributed by atoms with Gasteiger partial charge in [0.15, 0.2) is 0 Å². The fourth-order valence-corrected chi connectivity index (χ4v) is 1.17. The van der Waals surface area contributed by atoms with Crippen molar-refractivity contribution in [2.24, 2.45) is 4.99 Å². The lowest BCUT2D eigenvalue weighted by Gasteiger charge is -2.19. The molecule has 0 aromatic carbocycles. The molecule has 0 saturated carbocycles. The Hall–Kier alpha value is -1.42. The molecule has 4 nitrogen and oxygen atoms in total. The fourth-order valence-electron chi connectivity index (χ4n) is 1.17. The van der Waals surface area contributed by atoms with Gasteiger partial charge in [0.05, 0.1) is 5.60 Å². The highest BCUT2D eigenvalue weighted by molar-refractivity contribution is 5.82. The van der Waals surface area contributed by atoms with Crippen molar-refractivity contribution in [3.05, 3.63) is 24.0 Å². The second-order valence-electron chi connectivity index (χ2n) is 4.69. The molecule has 0 aromatic rings. The van der Waals surface area contributed by atoms with E-state index in [-0.39, 0.29) is 5.91 Å². The van der Waals surface area contributed by atoms with Gasteiger partial charge < -0.3 is 10.0 Å². The topological polar surface area (TPSA) is 52.9 Å². The van der Waals surface area contributed by atoms with E-state index in [2.05, 4.69) is 11.6 Å². The molecule has 0 saturated heterocycles. The molecule has 0 spiro atoms. The van der Waals surface area contributed by atoms with E-state index in [0.717, 1.165) is 6.42 Å². The van der Waals surface area contributed by atoms with E-state index in [1.54, 1.807) is 27.0 Å². The predicted molar refractivity (Wildman–Crippen MR) is 75.4 cm³/mol. The number of rotatable bonds is 6. The zero-order chi connectivity index (χ0) is 14.3. The summed E-state index contributed by atoms with van der Waals surface area (Å²) < 4.78 is 0. The number of nitrogens with zero attached hydrogens (tertiary/aromatic N) is 2. The highest BCUT2D eigenvalue weighted by atomic mass is 16.3. The van der Waals surface area contributed by atoms with E-state index in [1.165, 1.54) is 11.1 Å². The van der Waals surface area contributed by atoms with Crippen LogP contribution in [0.3, 0.4) is 0 Å². The molecule has 0 bridgehead atoms. The maximum atomic E-state index is 11.7. The lowest BCUT2D eigenvalue weighted by Crippen LogP contribution is -2.26. The molecule has 0 rings (SSSR count). The Bertz CT molecular complexity index is 362. The van der Waals surface area contributed by atoms with Crippen LogP contribution < -0.4 is 0 Å². The number of hydrogen-bond donors (Lipinski definition) is 1. The first-order valence-electron chi connectivity index (χ1n) is 6.12. The first-order valence-corrected chi connectivity index (χ1v) is 6.12. The zero-order valence-corrected chi connectivity index (χ0v) is 12.0. The van der Waals surface area contributed by atoms with Crippen LogP contribution in [0.5, 0.6) is 0 Å². The lowest BCUT2D eigenvalue weighted by molar-refractivity contribution is -0.128. The predicted octanol–water partition coefficient (Wildman–Crippen LogP) is 2.50. The fraction of sp³-hybridized carbons (Fsp3) is 0.571. The van der Waals surface area contributed by atoms with Crippen molar-refractivity contribution in [3.63, 3.8) is 0 Å². The minimum atomic E-state index is -1.01. The summed E-state index contributed by atoms with van der Waals surface area (Å²) in [7, 11) is 1.69.